The molecule has 52 heavy (non-hydrogen) atoms. The van der Waals surface area contributed by atoms with Crippen LogP contribution in [0.1, 0.15) is 90.2 Å². The Bertz CT molecular complexity index is 2060. The number of nitrogens with one attached hydrogen (secondary N) is 2. The topological polar surface area (TPSA) is 157 Å². The molecule has 7 rings (SSSR count). The largest absolute Gasteiger partial charge is 0.495 e. The number of methoxy groups -OCH3 is 1. The molecule has 3 amide bonds. The smallest absolute Gasteiger partial charge is 0.259 e. The number of hydrogen-bond donors (Lipinski definition) is 2. The zero-order chi connectivity index (χ0) is 37.0. The second kappa shape index (κ2) is 13.9. The van der Waals surface area contributed by atoms with Crippen LogP contribution < -0.4 is 19.5 Å². The van der Waals surface area contributed by atoms with Crippen LogP contribution >= 0.6 is 22.9 Å². The van der Waals surface area contributed by atoms with Crippen LogP contribution in [0, 0.1) is 5.92 Å². The molecular formula is C37H44ClN5O7S2. The monoisotopic (exact) mass is 769 g/mol. The maximum absolute atomic E-state index is 14.2. The molecule has 3 aromatic rings. The van der Waals surface area contributed by atoms with Crippen LogP contribution in [0.15, 0.2) is 35.7 Å². The first-order chi connectivity index (χ1) is 24.7. The van der Waals surface area contributed by atoms with Crippen molar-refractivity contribution in [3.05, 3.63) is 46.4 Å². The molecular weight excluding hydrogens is 726 g/mol. The summed E-state index contributed by atoms with van der Waals surface area (Å²) in [5.41, 5.74) is 0.542. The predicted molar refractivity (Wildman–Crippen MR) is 199 cm³/mol. The molecule has 2 aliphatic heterocycles. The third kappa shape index (κ3) is 6.89. The average molecular weight is 770 g/mol. The standard InChI is InChI=1S/C37H44ClN5O7S2/c1-21(2)26-20-51-34(40-26)25-17-29(24-12-13-28(49-4)31(38)32(24)39-25)50-23-16-27-33(45)41-37(35(46)42-52(47,48)36(3)14-15-36)18-22(37)10-8-6-5-7-9-11-30(44)43(27)19-23/h8,10,12-13,17,20-23,27H,5-7,9,11,14-16,18-19H2,1-4H3,(H,41,45)(H,42,46)/b10-8+. The summed E-state index contributed by atoms with van der Waals surface area (Å²) < 4.78 is 39.5. The number of thiazole rings is 1. The quantitative estimate of drug-likeness (QED) is 0.267. The zero-order valence-electron chi connectivity index (χ0n) is 29.7. The third-order valence-corrected chi connectivity index (χ3v) is 14.2. The number of amides is 3. The van der Waals surface area contributed by atoms with Crippen molar-refractivity contribution in [2.45, 2.75) is 107 Å². The number of carbonyl (C=O) groups excluding carboxylic acids is 3. The molecule has 1 saturated heterocycles. The lowest BCUT2D eigenvalue weighted by molar-refractivity contribution is -0.139. The van der Waals surface area contributed by atoms with Crippen LogP contribution in [0.2, 0.25) is 5.02 Å². The molecule has 0 radical (unpaired) electrons. The molecule has 2 N–H and O–H groups in total. The van der Waals surface area contributed by atoms with Crippen molar-refractivity contribution in [1.29, 1.82) is 0 Å². The van der Waals surface area contributed by atoms with Gasteiger partial charge in [0.25, 0.3) is 5.91 Å². The van der Waals surface area contributed by atoms with E-state index in [2.05, 4.69) is 23.9 Å². The first kappa shape index (κ1) is 36.6. The van der Waals surface area contributed by atoms with Gasteiger partial charge in [0.2, 0.25) is 21.8 Å². The van der Waals surface area contributed by atoms with Crippen LogP contribution in [0.25, 0.3) is 21.6 Å². The number of rotatable bonds is 8. The lowest BCUT2D eigenvalue weighted by atomic mass is 10.1. The highest BCUT2D eigenvalue weighted by molar-refractivity contribution is 7.91. The van der Waals surface area contributed by atoms with E-state index in [9.17, 15) is 22.8 Å². The molecule has 12 nitrogen and oxygen atoms in total. The van der Waals surface area contributed by atoms with Gasteiger partial charge in [-0.2, -0.15) is 0 Å². The molecule has 4 unspecified atom stereocenters. The Kier molecular flexibility index (Phi) is 9.79. The predicted octanol–water partition coefficient (Wildman–Crippen LogP) is 5.89. The summed E-state index contributed by atoms with van der Waals surface area (Å²) in [6, 6.07) is 4.43. The Balaban J connectivity index is 1.19. The number of ether oxygens (including phenoxy) is 2. The summed E-state index contributed by atoms with van der Waals surface area (Å²) in [6.45, 7) is 5.89. The Hall–Kier alpha value is -3.75. The van der Waals surface area contributed by atoms with Crippen LogP contribution in [0.4, 0.5) is 0 Å². The summed E-state index contributed by atoms with van der Waals surface area (Å²) in [4.78, 5) is 52.8. The number of carbonyl (C=O) groups is 3. The number of sulfonamides is 1. The van der Waals surface area contributed by atoms with Gasteiger partial charge in [0, 0.05) is 35.6 Å². The number of benzene rings is 1. The van der Waals surface area contributed by atoms with Gasteiger partial charge in [0.05, 0.1) is 29.6 Å². The molecule has 2 saturated carbocycles. The first-order valence-electron chi connectivity index (χ1n) is 17.9. The second-order valence-electron chi connectivity index (χ2n) is 14.9. The van der Waals surface area contributed by atoms with Gasteiger partial charge >= 0.3 is 0 Å². The molecule has 1 aromatic carbocycles. The third-order valence-electron chi connectivity index (χ3n) is 10.8. The van der Waals surface area contributed by atoms with Crippen molar-refractivity contribution in [2.24, 2.45) is 5.92 Å². The van der Waals surface area contributed by atoms with E-state index in [1.165, 1.54) is 18.4 Å². The molecule has 2 aliphatic carbocycles. The van der Waals surface area contributed by atoms with E-state index >= 15 is 0 Å². The average Bonchev–Trinajstić information content (AvgIpc) is 3.87. The summed E-state index contributed by atoms with van der Waals surface area (Å²) in [6.07, 6.45) is 8.05. The number of allylic oxidation sites excluding steroid dienone is 1. The van der Waals surface area contributed by atoms with Crippen molar-refractivity contribution < 1.29 is 32.3 Å². The Morgan fingerprint density at radius 3 is 2.65 bits per heavy atom. The molecule has 4 heterocycles. The van der Waals surface area contributed by atoms with Gasteiger partial charge in [-0.1, -0.05) is 44.0 Å². The van der Waals surface area contributed by atoms with Gasteiger partial charge in [0.15, 0.2) is 0 Å². The van der Waals surface area contributed by atoms with Crippen LogP contribution in [0.3, 0.4) is 0 Å². The lowest BCUT2D eigenvalue weighted by Gasteiger charge is -2.27. The highest BCUT2D eigenvalue weighted by Gasteiger charge is 2.63. The van der Waals surface area contributed by atoms with Gasteiger partial charge in [-0.05, 0) is 63.5 Å². The molecule has 0 spiro atoms. The van der Waals surface area contributed by atoms with E-state index in [-0.39, 0.29) is 43.6 Å². The van der Waals surface area contributed by atoms with E-state index in [0.29, 0.717) is 57.4 Å². The number of fused-ring (bicyclic) bond motifs is 3. The van der Waals surface area contributed by atoms with Gasteiger partial charge in [-0.25, -0.2) is 18.4 Å². The summed E-state index contributed by atoms with van der Waals surface area (Å²) >= 11 is 8.25. The molecule has 4 atom stereocenters. The SMILES string of the molecule is COc1ccc2c(OC3CC4C(=O)NC5(C(=O)NS(=O)(=O)C6(C)CC6)CC5/C=C/CCCCCC(=O)N4C3)cc(-c3nc(C(C)C)cs3)nc2c1Cl. The van der Waals surface area contributed by atoms with Crippen LogP contribution in [0.5, 0.6) is 11.5 Å². The zero-order valence-corrected chi connectivity index (χ0v) is 32.1. The minimum atomic E-state index is -3.93. The number of nitrogens with zero attached hydrogens (tertiary/aromatic N) is 3. The molecule has 15 heteroatoms. The maximum Gasteiger partial charge on any atom is 0.259 e. The summed E-state index contributed by atoms with van der Waals surface area (Å²) in [7, 11) is -2.40. The van der Waals surface area contributed by atoms with Gasteiger partial charge in [-0.15, -0.1) is 11.3 Å². The van der Waals surface area contributed by atoms with E-state index < -0.39 is 44.3 Å². The van der Waals surface area contributed by atoms with Crippen LogP contribution in [-0.4, -0.2) is 77.1 Å². The highest BCUT2D eigenvalue weighted by Crippen LogP contribution is 2.48. The Morgan fingerprint density at radius 1 is 1.15 bits per heavy atom. The minimum absolute atomic E-state index is 0.143. The van der Waals surface area contributed by atoms with Crippen molar-refractivity contribution >= 4 is 61.6 Å². The number of halogens is 1. The van der Waals surface area contributed by atoms with Gasteiger partial charge < -0.3 is 19.7 Å². The Labute approximate surface area is 312 Å². The molecule has 3 fully saturated rings. The fourth-order valence-corrected chi connectivity index (χ4v) is 9.55. The molecule has 4 aliphatic rings. The maximum atomic E-state index is 14.2. The lowest BCUT2D eigenvalue weighted by Crippen LogP contribution is -2.57. The van der Waals surface area contributed by atoms with Gasteiger partial charge in [-0.3, -0.25) is 19.1 Å². The van der Waals surface area contributed by atoms with Crippen molar-refractivity contribution in [3.63, 3.8) is 0 Å². The number of hydrogen-bond acceptors (Lipinski definition) is 10. The van der Waals surface area contributed by atoms with Crippen LogP contribution in [-0.2, 0) is 24.4 Å². The summed E-state index contributed by atoms with van der Waals surface area (Å²) in [5, 5.41) is 6.57. The normalized spacial score (nSPS) is 26.6. The molecule has 2 aromatic heterocycles. The number of aromatic nitrogens is 2. The minimum Gasteiger partial charge on any atom is -0.495 e. The van der Waals surface area contributed by atoms with E-state index in [1.807, 2.05) is 29.7 Å². The van der Waals surface area contributed by atoms with E-state index in [1.54, 1.807) is 17.9 Å². The van der Waals surface area contributed by atoms with E-state index in [4.69, 9.17) is 31.0 Å². The fourth-order valence-electron chi connectivity index (χ4n) is 7.01. The van der Waals surface area contributed by atoms with Crippen molar-refractivity contribution in [3.8, 4) is 22.2 Å². The highest BCUT2D eigenvalue weighted by atomic mass is 35.5. The summed E-state index contributed by atoms with van der Waals surface area (Å²) in [5.74, 6) is -0.658. The van der Waals surface area contributed by atoms with Gasteiger partial charge in [0.1, 0.15) is 44.9 Å². The Morgan fingerprint density at radius 2 is 1.94 bits per heavy atom. The van der Waals surface area contributed by atoms with Crippen molar-refractivity contribution in [1.82, 2.24) is 24.9 Å². The van der Waals surface area contributed by atoms with Crippen molar-refractivity contribution in [2.75, 3.05) is 13.7 Å². The molecule has 278 valence electrons. The first-order valence-corrected chi connectivity index (χ1v) is 20.6. The fraction of sp³-hybridized carbons (Fsp3) is 0.541. The molecule has 0 bridgehead atoms. The van der Waals surface area contributed by atoms with E-state index in [0.717, 1.165) is 25.0 Å². The number of pyridine rings is 1. The second-order valence-corrected chi connectivity index (χ2v) is 18.4.